The van der Waals surface area contributed by atoms with Gasteiger partial charge in [-0.25, -0.2) is 0 Å². The number of carbonyl (C=O) groups is 1. The summed E-state index contributed by atoms with van der Waals surface area (Å²) in [5.74, 6) is -0.0778. The number of hydrogen-bond acceptors (Lipinski definition) is 3. The summed E-state index contributed by atoms with van der Waals surface area (Å²) >= 11 is 3.33. The van der Waals surface area contributed by atoms with E-state index in [0.29, 0.717) is 17.8 Å². The number of nitrogen functional groups attached to an aromatic ring is 1. The van der Waals surface area contributed by atoms with Crippen molar-refractivity contribution in [1.29, 1.82) is 0 Å². The number of anilines is 1. The Morgan fingerprint density at radius 1 is 1.42 bits per heavy atom. The third-order valence-corrected chi connectivity index (χ3v) is 4.10. The second-order valence-electron chi connectivity index (χ2n) is 4.89. The maximum absolute atomic E-state index is 12.6. The van der Waals surface area contributed by atoms with Crippen molar-refractivity contribution >= 4 is 27.5 Å². The molecule has 2 rings (SSSR count). The van der Waals surface area contributed by atoms with Crippen LogP contribution < -0.4 is 5.73 Å². The first-order valence-electron chi connectivity index (χ1n) is 6.60. The van der Waals surface area contributed by atoms with Gasteiger partial charge in [0, 0.05) is 22.7 Å². The molecule has 1 aliphatic carbocycles. The number of carbonyl (C=O) groups excluding carboxylic acids is 1. The van der Waals surface area contributed by atoms with E-state index >= 15 is 0 Å². The molecule has 1 amide bonds. The summed E-state index contributed by atoms with van der Waals surface area (Å²) in [5.41, 5.74) is 6.90. The third-order valence-electron chi connectivity index (χ3n) is 3.61. The van der Waals surface area contributed by atoms with Crippen molar-refractivity contribution in [3.05, 3.63) is 28.2 Å². The lowest BCUT2D eigenvalue weighted by atomic mass is 10.1. The van der Waals surface area contributed by atoms with E-state index in [1.165, 1.54) is 0 Å². The molecule has 0 saturated heterocycles. The van der Waals surface area contributed by atoms with Crippen LogP contribution in [0, 0.1) is 0 Å². The highest BCUT2D eigenvalue weighted by atomic mass is 79.9. The number of aliphatic hydroxyl groups is 1. The summed E-state index contributed by atoms with van der Waals surface area (Å²) in [5, 5.41) is 9.17. The molecule has 0 unspecified atom stereocenters. The molecule has 1 saturated carbocycles. The molecular weight excluding hydrogens is 308 g/mol. The molecule has 0 heterocycles. The van der Waals surface area contributed by atoms with E-state index in [1.54, 1.807) is 17.0 Å². The van der Waals surface area contributed by atoms with Crippen molar-refractivity contribution in [3.8, 4) is 0 Å². The van der Waals surface area contributed by atoms with Gasteiger partial charge in [0.05, 0.1) is 12.2 Å². The van der Waals surface area contributed by atoms with E-state index in [2.05, 4.69) is 15.9 Å². The number of hydrogen-bond donors (Lipinski definition) is 2. The number of benzene rings is 1. The summed E-state index contributed by atoms with van der Waals surface area (Å²) in [4.78, 5) is 14.3. The Morgan fingerprint density at radius 3 is 2.68 bits per heavy atom. The lowest BCUT2D eigenvalue weighted by Crippen LogP contribution is -2.41. The van der Waals surface area contributed by atoms with E-state index in [0.717, 1.165) is 30.2 Å². The minimum atomic E-state index is -0.0778. The Morgan fingerprint density at radius 2 is 2.11 bits per heavy atom. The largest absolute Gasteiger partial charge is 0.398 e. The van der Waals surface area contributed by atoms with Crippen LogP contribution in [0.25, 0.3) is 0 Å². The number of aliphatic hydroxyl groups excluding tert-OH is 1. The maximum Gasteiger partial charge on any atom is 0.256 e. The Kier molecular flexibility index (Phi) is 4.82. The third kappa shape index (κ3) is 3.28. The molecule has 104 valence electrons. The first kappa shape index (κ1) is 14.3. The zero-order valence-corrected chi connectivity index (χ0v) is 12.4. The molecule has 1 fully saturated rings. The number of nitrogens with two attached hydrogens (primary N) is 1. The molecule has 1 aromatic carbocycles. The second-order valence-corrected chi connectivity index (χ2v) is 5.81. The molecule has 0 aromatic heterocycles. The zero-order chi connectivity index (χ0) is 13.8. The predicted octanol–water partition coefficient (Wildman–Crippen LogP) is 2.41. The van der Waals surface area contributed by atoms with Crippen LogP contribution in [-0.2, 0) is 0 Å². The number of halogens is 1. The fourth-order valence-corrected chi connectivity index (χ4v) is 3.04. The lowest BCUT2D eigenvalue weighted by Gasteiger charge is -2.28. The maximum atomic E-state index is 12.6. The molecule has 5 heteroatoms. The van der Waals surface area contributed by atoms with Crippen molar-refractivity contribution < 1.29 is 9.90 Å². The van der Waals surface area contributed by atoms with Gasteiger partial charge in [0.25, 0.3) is 5.91 Å². The Bertz CT molecular complexity index is 459. The fraction of sp³-hybridized carbons (Fsp3) is 0.500. The van der Waals surface area contributed by atoms with Crippen LogP contribution in [0.2, 0.25) is 0 Å². The minimum Gasteiger partial charge on any atom is -0.398 e. The van der Waals surface area contributed by atoms with E-state index in [4.69, 9.17) is 5.73 Å². The first-order valence-corrected chi connectivity index (χ1v) is 7.39. The van der Waals surface area contributed by atoms with Gasteiger partial charge in [0.1, 0.15) is 0 Å². The standard InChI is InChI=1S/C14H19BrN2O2/c15-10-5-6-12(13(16)9-10)14(19)17(7-8-18)11-3-1-2-4-11/h5-6,9,11,18H,1-4,7-8,16H2. The molecule has 0 aliphatic heterocycles. The molecule has 0 spiro atoms. The number of rotatable bonds is 4. The van der Waals surface area contributed by atoms with E-state index in [1.807, 2.05) is 6.07 Å². The minimum absolute atomic E-state index is 0.0152. The Balaban J connectivity index is 2.22. The summed E-state index contributed by atoms with van der Waals surface area (Å²) in [6.45, 7) is 0.359. The molecule has 4 nitrogen and oxygen atoms in total. The van der Waals surface area contributed by atoms with Gasteiger partial charge in [-0.05, 0) is 31.0 Å². The van der Waals surface area contributed by atoms with Gasteiger partial charge in [-0.1, -0.05) is 28.8 Å². The summed E-state index contributed by atoms with van der Waals surface area (Å²) in [7, 11) is 0. The van der Waals surface area contributed by atoms with Crippen molar-refractivity contribution in [2.75, 3.05) is 18.9 Å². The van der Waals surface area contributed by atoms with E-state index in [-0.39, 0.29) is 18.6 Å². The van der Waals surface area contributed by atoms with Crippen LogP contribution in [0.4, 0.5) is 5.69 Å². The second kappa shape index (κ2) is 6.39. The lowest BCUT2D eigenvalue weighted by molar-refractivity contribution is 0.0639. The van der Waals surface area contributed by atoms with Crippen molar-refractivity contribution in [2.24, 2.45) is 0 Å². The van der Waals surface area contributed by atoms with Crippen LogP contribution in [0.15, 0.2) is 22.7 Å². The monoisotopic (exact) mass is 326 g/mol. The number of nitrogens with zero attached hydrogens (tertiary/aromatic N) is 1. The molecule has 0 atom stereocenters. The highest BCUT2D eigenvalue weighted by Crippen LogP contribution is 2.27. The topological polar surface area (TPSA) is 66.6 Å². The number of amides is 1. The Labute approximate surface area is 121 Å². The summed E-state index contributed by atoms with van der Waals surface area (Å²) in [6, 6.07) is 5.53. The molecular formula is C14H19BrN2O2. The molecule has 0 bridgehead atoms. The summed E-state index contributed by atoms with van der Waals surface area (Å²) in [6.07, 6.45) is 4.33. The van der Waals surface area contributed by atoms with Crippen LogP contribution in [0.3, 0.4) is 0 Å². The van der Waals surface area contributed by atoms with Gasteiger partial charge in [0.15, 0.2) is 0 Å². The highest BCUT2D eigenvalue weighted by molar-refractivity contribution is 9.10. The smallest absolute Gasteiger partial charge is 0.256 e. The van der Waals surface area contributed by atoms with Crippen LogP contribution in [-0.4, -0.2) is 35.1 Å². The zero-order valence-electron chi connectivity index (χ0n) is 10.8. The van der Waals surface area contributed by atoms with E-state index in [9.17, 15) is 9.90 Å². The van der Waals surface area contributed by atoms with E-state index < -0.39 is 0 Å². The van der Waals surface area contributed by atoms with Gasteiger partial charge in [0.2, 0.25) is 0 Å². The quantitative estimate of drug-likeness (QED) is 0.835. The van der Waals surface area contributed by atoms with Crippen LogP contribution >= 0.6 is 15.9 Å². The van der Waals surface area contributed by atoms with Crippen molar-refractivity contribution in [2.45, 2.75) is 31.7 Å². The van der Waals surface area contributed by atoms with Crippen molar-refractivity contribution in [3.63, 3.8) is 0 Å². The highest BCUT2D eigenvalue weighted by Gasteiger charge is 2.27. The van der Waals surface area contributed by atoms with Crippen molar-refractivity contribution in [1.82, 2.24) is 4.90 Å². The molecule has 1 aromatic rings. The van der Waals surface area contributed by atoms with Crippen LogP contribution in [0.1, 0.15) is 36.0 Å². The Hall–Kier alpha value is -1.07. The van der Waals surface area contributed by atoms with Gasteiger partial charge in [-0.3, -0.25) is 4.79 Å². The van der Waals surface area contributed by atoms with Gasteiger partial charge < -0.3 is 15.7 Å². The predicted molar refractivity (Wildman–Crippen MR) is 78.9 cm³/mol. The van der Waals surface area contributed by atoms with Gasteiger partial charge >= 0.3 is 0 Å². The van der Waals surface area contributed by atoms with Gasteiger partial charge in [-0.15, -0.1) is 0 Å². The first-order chi connectivity index (χ1) is 9.13. The fourth-order valence-electron chi connectivity index (χ4n) is 2.66. The van der Waals surface area contributed by atoms with Gasteiger partial charge in [-0.2, -0.15) is 0 Å². The molecule has 1 aliphatic rings. The normalized spacial score (nSPS) is 15.7. The summed E-state index contributed by atoms with van der Waals surface area (Å²) < 4.78 is 0.858. The molecule has 3 N–H and O–H groups in total. The SMILES string of the molecule is Nc1cc(Br)ccc1C(=O)N(CCO)C1CCCC1. The average Bonchev–Trinajstić information content (AvgIpc) is 2.89. The average molecular weight is 327 g/mol. The molecule has 0 radical (unpaired) electrons. The molecule has 19 heavy (non-hydrogen) atoms. The van der Waals surface area contributed by atoms with Crippen LogP contribution in [0.5, 0.6) is 0 Å².